The molecule has 0 amide bonds. The molecule has 28 heavy (non-hydrogen) atoms. The van der Waals surface area contributed by atoms with Crippen LogP contribution in [0.15, 0.2) is 60.7 Å². The highest BCUT2D eigenvalue weighted by atomic mass is 19.3. The van der Waals surface area contributed by atoms with Gasteiger partial charge in [0, 0.05) is 38.1 Å². The van der Waals surface area contributed by atoms with E-state index in [2.05, 4.69) is 65.6 Å². The first kappa shape index (κ1) is 19.5. The first-order valence-electron chi connectivity index (χ1n) is 10.5. The first-order chi connectivity index (χ1) is 13.6. The van der Waals surface area contributed by atoms with Crippen molar-refractivity contribution in [2.45, 2.75) is 63.2 Å². The fraction of sp³-hybridized carbons (Fsp3) is 0.500. The fourth-order valence-corrected chi connectivity index (χ4v) is 4.81. The summed E-state index contributed by atoms with van der Waals surface area (Å²) in [5, 5.41) is 0. The molecule has 0 spiro atoms. The van der Waals surface area contributed by atoms with E-state index in [1.54, 1.807) is 0 Å². The molecule has 2 aliphatic rings. The number of benzene rings is 2. The number of hydrogen-bond donors (Lipinski definition) is 0. The summed E-state index contributed by atoms with van der Waals surface area (Å²) in [7, 11) is 0. The number of hydrogen-bond acceptors (Lipinski definition) is 2. The summed E-state index contributed by atoms with van der Waals surface area (Å²) in [6.07, 6.45) is 4.27. The van der Waals surface area contributed by atoms with Gasteiger partial charge in [-0.15, -0.1) is 0 Å². The van der Waals surface area contributed by atoms with E-state index in [1.807, 2.05) is 4.90 Å². The molecule has 2 aromatic carbocycles. The van der Waals surface area contributed by atoms with Crippen LogP contribution < -0.4 is 0 Å². The van der Waals surface area contributed by atoms with E-state index in [9.17, 15) is 8.78 Å². The molecule has 2 nitrogen and oxygen atoms in total. The molecule has 0 aromatic heterocycles. The van der Waals surface area contributed by atoms with Crippen LogP contribution in [0, 0.1) is 0 Å². The molecule has 0 N–H and O–H groups in total. The van der Waals surface area contributed by atoms with Crippen LogP contribution in [0.3, 0.4) is 0 Å². The molecule has 150 valence electrons. The maximum atomic E-state index is 13.6. The van der Waals surface area contributed by atoms with E-state index in [4.69, 9.17) is 0 Å². The van der Waals surface area contributed by atoms with Crippen molar-refractivity contribution in [3.8, 4) is 0 Å². The molecule has 0 bridgehead atoms. The van der Waals surface area contributed by atoms with Crippen molar-refractivity contribution in [3.05, 3.63) is 71.8 Å². The van der Waals surface area contributed by atoms with Gasteiger partial charge in [-0.2, -0.15) is 0 Å². The Morgan fingerprint density at radius 2 is 1.36 bits per heavy atom. The summed E-state index contributed by atoms with van der Waals surface area (Å²) >= 11 is 0. The predicted molar refractivity (Wildman–Crippen MR) is 109 cm³/mol. The fourth-order valence-electron chi connectivity index (χ4n) is 4.81. The smallest absolute Gasteiger partial charge is 0.261 e. The molecule has 1 heterocycles. The Hall–Kier alpha value is -1.78. The number of alkyl halides is 2. The van der Waals surface area contributed by atoms with E-state index in [-0.39, 0.29) is 13.0 Å². The van der Waals surface area contributed by atoms with E-state index < -0.39 is 5.92 Å². The quantitative estimate of drug-likeness (QED) is 0.663. The van der Waals surface area contributed by atoms with Crippen LogP contribution in [0.4, 0.5) is 8.78 Å². The summed E-state index contributed by atoms with van der Waals surface area (Å²) in [6.45, 7) is 2.39. The van der Waals surface area contributed by atoms with Crippen LogP contribution in [-0.2, 0) is 13.1 Å². The molecular weight excluding hydrogens is 354 g/mol. The maximum Gasteiger partial charge on any atom is 0.261 e. The lowest BCUT2D eigenvalue weighted by Crippen LogP contribution is -2.43. The maximum absolute atomic E-state index is 13.6. The molecule has 1 saturated heterocycles. The number of likely N-dealkylation sites (tertiary alicyclic amines) is 1. The normalized spacial score (nSPS) is 25.2. The molecular formula is C24H30F2N2. The summed E-state index contributed by atoms with van der Waals surface area (Å²) in [5.74, 6) is -2.48. The Bertz CT molecular complexity index is 685. The van der Waals surface area contributed by atoms with Gasteiger partial charge in [0.25, 0.3) is 5.92 Å². The highest BCUT2D eigenvalue weighted by molar-refractivity contribution is 5.17. The minimum Gasteiger partial charge on any atom is -0.294 e. The Kier molecular flexibility index (Phi) is 6.07. The monoisotopic (exact) mass is 384 g/mol. The third-order valence-electron chi connectivity index (χ3n) is 6.36. The Morgan fingerprint density at radius 3 is 1.82 bits per heavy atom. The van der Waals surface area contributed by atoms with Gasteiger partial charge >= 0.3 is 0 Å². The minimum absolute atomic E-state index is 0.0288. The third-order valence-corrected chi connectivity index (χ3v) is 6.36. The van der Waals surface area contributed by atoms with Crippen molar-refractivity contribution in [2.75, 3.05) is 13.1 Å². The summed E-state index contributed by atoms with van der Waals surface area (Å²) in [5.41, 5.74) is 2.67. The highest BCUT2D eigenvalue weighted by Gasteiger charge is 2.41. The zero-order chi connectivity index (χ0) is 19.4. The number of nitrogens with zero attached hydrogens (tertiary/aromatic N) is 2. The Morgan fingerprint density at radius 1 is 0.821 bits per heavy atom. The van der Waals surface area contributed by atoms with E-state index in [0.29, 0.717) is 18.6 Å². The van der Waals surface area contributed by atoms with Crippen LogP contribution >= 0.6 is 0 Å². The molecule has 1 aliphatic carbocycles. The zero-order valence-electron chi connectivity index (χ0n) is 16.4. The van der Waals surface area contributed by atoms with E-state index in [1.165, 1.54) is 11.1 Å². The predicted octanol–water partition coefficient (Wildman–Crippen LogP) is 5.34. The standard InChI is InChI=1S/C24H30F2N2/c25-24(26)15-16-27(19-24)22-11-13-23(14-12-22)28(17-20-7-3-1-4-8-20)18-21-9-5-2-6-10-21/h1-10,22-23H,11-19H2. The summed E-state index contributed by atoms with van der Waals surface area (Å²) in [6, 6.07) is 22.1. The molecule has 1 saturated carbocycles. The number of halogens is 2. The van der Waals surface area contributed by atoms with Crippen LogP contribution in [0.2, 0.25) is 0 Å². The van der Waals surface area contributed by atoms with E-state index in [0.717, 1.165) is 38.8 Å². The first-order valence-corrected chi connectivity index (χ1v) is 10.5. The Labute approximate surface area is 167 Å². The van der Waals surface area contributed by atoms with Crippen molar-refractivity contribution in [3.63, 3.8) is 0 Å². The van der Waals surface area contributed by atoms with Gasteiger partial charge in [0.1, 0.15) is 0 Å². The van der Waals surface area contributed by atoms with Gasteiger partial charge in [-0.25, -0.2) is 8.78 Å². The van der Waals surface area contributed by atoms with Crippen molar-refractivity contribution >= 4 is 0 Å². The topological polar surface area (TPSA) is 6.48 Å². The third kappa shape index (κ3) is 4.98. The molecule has 2 aromatic rings. The Balaban J connectivity index is 1.40. The second-order valence-corrected chi connectivity index (χ2v) is 8.41. The van der Waals surface area contributed by atoms with Crippen LogP contribution in [0.1, 0.15) is 43.2 Å². The van der Waals surface area contributed by atoms with Crippen LogP contribution in [0.25, 0.3) is 0 Å². The van der Waals surface area contributed by atoms with Gasteiger partial charge in [0.2, 0.25) is 0 Å². The molecule has 2 fully saturated rings. The minimum atomic E-state index is -2.48. The van der Waals surface area contributed by atoms with Crippen molar-refractivity contribution < 1.29 is 8.78 Å². The lowest BCUT2D eigenvalue weighted by Gasteiger charge is -2.39. The largest absolute Gasteiger partial charge is 0.294 e. The lowest BCUT2D eigenvalue weighted by molar-refractivity contribution is 0.00284. The molecule has 0 unspecified atom stereocenters. The molecule has 0 radical (unpaired) electrons. The van der Waals surface area contributed by atoms with Crippen molar-refractivity contribution in [1.29, 1.82) is 0 Å². The van der Waals surface area contributed by atoms with Gasteiger partial charge in [-0.05, 0) is 36.8 Å². The second-order valence-electron chi connectivity index (χ2n) is 8.41. The molecule has 4 rings (SSSR count). The van der Waals surface area contributed by atoms with E-state index >= 15 is 0 Å². The summed E-state index contributed by atoms with van der Waals surface area (Å²) < 4.78 is 27.2. The van der Waals surface area contributed by atoms with Crippen molar-refractivity contribution in [2.24, 2.45) is 0 Å². The van der Waals surface area contributed by atoms with Gasteiger partial charge < -0.3 is 0 Å². The second kappa shape index (κ2) is 8.71. The van der Waals surface area contributed by atoms with Gasteiger partial charge in [0.15, 0.2) is 0 Å². The highest BCUT2D eigenvalue weighted by Crippen LogP contribution is 2.34. The van der Waals surface area contributed by atoms with Gasteiger partial charge in [0.05, 0.1) is 6.54 Å². The van der Waals surface area contributed by atoms with Crippen LogP contribution in [-0.4, -0.2) is 40.9 Å². The lowest BCUT2D eigenvalue weighted by atomic mass is 9.88. The van der Waals surface area contributed by atoms with Gasteiger partial charge in [-0.3, -0.25) is 9.80 Å². The molecule has 1 aliphatic heterocycles. The zero-order valence-corrected chi connectivity index (χ0v) is 16.4. The number of rotatable bonds is 6. The molecule has 0 atom stereocenters. The average molecular weight is 385 g/mol. The average Bonchev–Trinajstić information content (AvgIpc) is 3.09. The van der Waals surface area contributed by atoms with Crippen LogP contribution in [0.5, 0.6) is 0 Å². The molecule has 4 heteroatoms. The SMILES string of the molecule is FC1(F)CCN(C2CCC(N(Cc3ccccc3)Cc3ccccc3)CC2)C1. The van der Waals surface area contributed by atoms with Crippen molar-refractivity contribution in [1.82, 2.24) is 9.80 Å². The summed E-state index contributed by atoms with van der Waals surface area (Å²) in [4.78, 5) is 4.62. The van der Waals surface area contributed by atoms with Gasteiger partial charge in [-0.1, -0.05) is 60.7 Å².